The third-order valence-electron chi connectivity index (χ3n) is 6.26. The largest absolute Gasteiger partial charge is 0.374 e. The van der Waals surface area contributed by atoms with Gasteiger partial charge in [0.05, 0.1) is 18.6 Å². The van der Waals surface area contributed by atoms with E-state index in [-0.39, 0.29) is 24.0 Å². The summed E-state index contributed by atoms with van der Waals surface area (Å²) in [5, 5.41) is 3.12. The molecule has 1 heterocycles. The van der Waals surface area contributed by atoms with Crippen LogP contribution in [-0.2, 0) is 16.1 Å². The molecule has 3 N–H and O–H groups in total. The standard InChI is InChI=1S/C20H29N3O2/c21-19-16-7-6-15(10-16)18(19)20(24)22-11-17-13-23(8-9-25-17)12-14-4-2-1-3-5-14/h1-5,15-19H,6-13,21H2,(H,22,24). The van der Waals surface area contributed by atoms with Crippen LogP contribution < -0.4 is 11.1 Å². The zero-order chi connectivity index (χ0) is 17.2. The van der Waals surface area contributed by atoms with E-state index < -0.39 is 0 Å². The highest BCUT2D eigenvalue weighted by Crippen LogP contribution is 2.47. The molecule has 1 amide bonds. The van der Waals surface area contributed by atoms with Crippen molar-refractivity contribution in [3.05, 3.63) is 35.9 Å². The number of morpholine rings is 1. The molecule has 2 aliphatic carbocycles. The summed E-state index contributed by atoms with van der Waals surface area (Å²) in [4.78, 5) is 15.0. The van der Waals surface area contributed by atoms with Crippen molar-refractivity contribution in [3.8, 4) is 0 Å². The Bertz CT molecular complexity index is 592. The molecular weight excluding hydrogens is 314 g/mol. The molecule has 0 radical (unpaired) electrons. The zero-order valence-corrected chi connectivity index (χ0v) is 14.8. The molecule has 3 fully saturated rings. The second-order valence-electron chi connectivity index (χ2n) is 7.90. The Morgan fingerprint density at radius 2 is 2.04 bits per heavy atom. The fraction of sp³-hybridized carbons (Fsp3) is 0.650. The Hall–Kier alpha value is -1.43. The van der Waals surface area contributed by atoms with Crippen LogP contribution in [0.1, 0.15) is 24.8 Å². The molecule has 1 aliphatic heterocycles. The fourth-order valence-electron chi connectivity index (χ4n) is 4.95. The average Bonchev–Trinajstić information content (AvgIpc) is 3.22. The van der Waals surface area contributed by atoms with Crippen LogP contribution in [0.5, 0.6) is 0 Å². The fourth-order valence-corrected chi connectivity index (χ4v) is 4.95. The highest BCUT2D eigenvalue weighted by Gasteiger charge is 2.49. The maximum Gasteiger partial charge on any atom is 0.225 e. The molecule has 2 bridgehead atoms. The second kappa shape index (κ2) is 7.44. The molecule has 25 heavy (non-hydrogen) atoms. The number of nitrogens with one attached hydrogen (secondary N) is 1. The number of hydrogen-bond acceptors (Lipinski definition) is 4. The van der Waals surface area contributed by atoms with Crippen molar-refractivity contribution >= 4 is 5.91 Å². The Labute approximate surface area is 149 Å². The monoisotopic (exact) mass is 343 g/mol. The Kier molecular flexibility index (Phi) is 5.06. The van der Waals surface area contributed by atoms with Crippen LogP contribution >= 0.6 is 0 Å². The quantitative estimate of drug-likeness (QED) is 0.847. The predicted molar refractivity (Wildman–Crippen MR) is 96.8 cm³/mol. The molecule has 136 valence electrons. The lowest BCUT2D eigenvalue weighted by atomic mass is 9.84. The van der Waals surface area contributed by atoms with Gasteiger partial charge in [-0.2, -0.15) is 0 Å². The van der Waals surface area contributed by atoms with E-state index in [9.17, 15) is 4.79 Å². The second-order valence-corrected chi connectivity index (χ2v) is 7.90. The third-order valence-corrected chi connectivity index (χ3v) is 6.26. The number of hydrogen-bond donors (Lipinski definition) is 2. The van der Waals surface area contributed by atoms with Crippen LogP contribution in [0.15, 0.2) is 30.3 Å². The van der Waals surface area contributed by atoms with E-state index in [1.165, 1.54) is 18.4 Å². The van der Waals surface area contributed by atoms with Crippen LogP contribution in [0.2, 0.25) is 0 Å². The first kappa shape index (κ1) is 17.0. The SMILES string of the molecule is NC1C2CCC(C2)C1C(=O)NCC1CN(Cc2ccccc2)CCO1. The Balaban J connectivity index is 1.26. The number of benzene rings is 1. The van der Waals surface area contributed by atoms with E-state index in [1.54, 1.807) is 0 Å². The van der Waals surface area contributed by atoms with Crippen molar-refractivity contribution in [2.45, 2.75) is 38.0 Å². The van der Waals surface area contributed by atoms with Gasteiger partial charge in [-0.3, -0.25) is 9.69 Å². The number of nitrogens with zero attached hydrogens (tertiary/aromatic N) is 1. The van der Waals surface area contributed by atoms with E-state index in [0.29, 0.717) is 18.4 Å². The molecule has 0 spiro atoms. The summed E-state index contributed by atoms with van der Waals surface area (Å²) in [6, 6.07) is 10.6. The minimum Gasteiger partial charge on any atom is -0.374 e. The molecule has 0 aromatic heterocycles. The highest BCUT2D eigenvalue weighted by molar-refractivity contribution is 5.80. The molecule has 1 aromatic carbocycles. The first-order valence-corrected chi connectivity index (χ1v) is 9.62. The number of nitrogens with two attached hydrogens (primary N) is 1. The van der Waals surface area contributed by atoms with Crippen LogP contribution in [0, 0.1) is 17.8 Å². The molecule has 5 unspecified atom stereocenters. The molecule has 4 rings (SSSR count). The van der Waals surface area contributed by atoms with Gasteiger partial charge in [0.15, 0.2) is 0 Å². The van der Waals surface area contributed by atoms with Crippen molar-refractivity contribution in [3.63, 3.8) is 0 Å². The molecule has 1 saturated heterocycles. The van der Waals surface area contributed by atoms with Crippen molar-refractivity contribution in [1.82, 2.24) is 10.2 Å². The Morgan fingerprint density at radius 1 is 1.24 bits per heavy atom. The average molecular weight is 343 g/mol. The lowest BCUT2D eigenvalue weighted by Gasteiger charge is -2.34. The third kappa shape index (κ3) is 3.73. The molecule has 5 nitrogen and oxygen atoms in total. The normalized spacial score (nSPS) is 35.0. The zero-order valence-electron chi connectivity index (χ0n) is 14.8. The van der Waals surface area contributed by atoms with Gasteiger partial charge < -0.3 is 15.8 Å². The van der Waals surface area contributed by atoms with Crippen LogP contribution in [0.3, 0.4) is 0 Å². The molecule has 5 heteroatoms. The molecule has 3 aliphatic rings. The van der Waals surface area contributed by atoms with E-state index in [2.05, 4.69) is 34.5 Å². The van der Waals surface area contributed by atoms with E-state index in [1.807, 2.05) is 6.07 Å². The summed E-state index contributed by atoms with van der Waals surface area (Å²) in [5.74, 6) is 1.22. The van der Waals surface area contributed by atoms with Crippen LogP contribution in [-0.4, -0.2) is 49.2 Å². The summed E-state index contributed by atoms with van der Waals surface area (Å²) in [5.41, 5.74) is 7.60. The number of ether oxygens (including phenoxy) is 1. The number of rotatable bonds is 5. The smallest absolute Gasteiger partial charge is 0.225 e. The van der Waals surface area contributed by atoms with Gasteiger partial charge in [0, 0.05) is 32.2 Å². The lowest BCUT2D eigenvalue weighted by Crippen LogP contribution is -2.50. The number of carbonyl (C=O) groups is 1. The first-order chi connectivity index (χ1) is 12.2. The minimum absolute atomic E-state index is 0.0164. The van der Waals surface area contributed by atoms with E-state index >= 15 is 0 Å². The van der Waals surface area contributed by atoms with Gasteiger partial charge in [-0.25, -0.2) is 0 Å². The molecule has 2 saturated carbocycles. The molecular formula is C20H29N3O2. The summed E-state index contributed by atoms with van der Waals surface area (Å²) in [7, 11) is 0. The van der Waals surface area contributed by atoms with E-state index in [4.69, 9.17) is 10.5 Å². The summed E-state index contributed by atoms with van der Waals surface area (Å²) in [6.45, 7) is 4.05. The summed E-state index contributed by atoms with van der Waals surface area (Å²) < 4.78 is 5.86. The van der Waals surface area contributed by atoms with Crippen LogP contribution in [0.25, 0.3) is 0 Å². The van der Waals surface area contributed by atoms with Crippen molar-refractivity contribution in [1.29, 1.82) is 0 Å². The summed E-state index contributed by atoms with van der Waals surface area (Å²) in [6.07, 6.45) is 3.58. The molecule has 1 aromatic rings. The van der Waals surface area contributed by atoms with Crippen molar-refractivity contribution in [2.24, 2.45) is 23.5 Å². The number of amides is 1. The Morgan fingerprint density at radius 3 is 2.80 bits per heavy atom. The first-order valence-electron chi connectivity index (χ1n) is 9.62. The van der Waals surface area contributed by atoms with Crippen molar-refractivity contribution < 1.29 is 9.53 Å². The van der Waals surface area contributed by atoms with Gasteiger partial charge in [0.1, 0.15) is 0 Å². The van der Waals surface area contributed by atoms with Crippen molar-refractivity contribution in [2.75, 3.05) is 26.2 Å². The number of carbonyl (C=O) groups excluding carboxylic acids is 1. The van der Waals surface area contributed by atoms with Gasteiger partial charge in [-0.05, 0) is 36.7 Å². The maximum atomic E-state index is 12.6. The summed E-state index contributed by atoms with van der Waals surface area (Å²) >= 11 is 0. The van der Waals surface area contributed by atoms with E-state index in [0.717, 1.165) is 32.7 Å². The lowest BCUT2D eigenvalue weighted by molar-refractivity contribution is -0.128. The van der Waals surface area contributed by atoms with Gasteiger partial charge >= 0.3 is 0 Å². The van der Waals surface area contributed by atoms with Gasteiger partial charge in [0.2, 0.25) is 5.91 Å². The van der Waals surface area contributed by atoms with Crippen LogP contribution in [0.4, 0.5) is 0 Å². The number of fused-ring (bicyclic) bond motifs is 2. The predicted octanol–water partition coefficient (Wildman–Crippen LogP) is 1.38. The maximum absolute atomic E-state index is 12.6. The topological polar surface area (TPSA) is 67.6 Å². The van der Waals surface area contributed by atoms with Gasteiger partial charge in [-0.15, -0.1) is 0 Å². The minimum atomic E-state index is 0.0164. The highest BCUT2D eigenvalue weighted by atomic mass is 16.5. The van der Waals surface area contributed by atoms with Gasteiger partial charge in [0.25, 0.3) is 0 Å². The molecule has 5 atom stereocenters. The van der Waals surface area contributed by atoms with Gasteiger partial charge in [-0.1, -0.05) is 30.3 Å².